The van der Waals surface area contributed by atoms with Crippen molar-refractivity contribution in [2.45, 2.75) is 31.9 Å². The second kappa shape index (κ2) is 8.84. The molecule has 0 spiro atoms. The van der Waals surface area contributed by atoms with Gasteiger partial charge in [0.1, 0.15) is 11.3 Å². The molecular formula is C22H23F3N6O3. The second-order valence-corrected chi connectivity index (χ2v) is 7.88. The Morgan fingerprint density at radius 1 is 1.29 bits per heavy atom. The lowest BCUT2D eigenvalue weighted by Crippen LogP contribution is -2.20. The number of pyridine rings is 2. The zero-order valence-corrected chi connectivity index (χ0v) is 18.2. The summed E-state index contributed by atoms with van der Waals surface area (Å²) in [7, 11) is 1.23. The van der Waals surface area contributed by atoms with E-state index in [0.717, 1.165) is 26.0 Å². The maximum Gasteiger partial charge on any atom is 0.395 e. The van der Waals surface area contributed by atoms with E-state index in [1.165, 1.54) is 36.2 Å². The molecule has 180 valence electrons. The molecule has 1 aliphatic carbocycles. The third-order valence-electron chi connectivity index (χ3n) is 5.56. The molecule has 1 atom stereocenters. The number of rotatable bonds is 7. The predicted molar refractivity (Wildman–Crippen MR) is 118 cm³/mol. The van der Waals surface area contributed by atoms with Gasteiger partial charge in [-0.2, -0.15) is 18.3 Å². The van der Waals surface area contributed by atoms with Crippen LogP contribution in [0.15, 0.2) is 30.7 Å². The van der Waals surface area contributed by atoms with Crippen LogP contribution in [0.2, 0.25) is 0 Å². The van der Waals surface area contributed by atoms with Crippen molar-refractivity contribution in [1.82, 2.24) is 19.9 Å². The molecule has 3 aromatic rings. The van der Waals surface area contributed by atoms with Crippen LogP contribution < -0.4 is 20.7 Å². The molecule has 3 heterocycles. The highest BCUT2D eigenvalue weighted by Gasteiger charge is 2.39. The van der Waals surface area contributed by atoms with Crippen LogP contribution >= 0.6 is 0 Å². The van der Waals surface area contributed by atoms with Gasteiger partial charge in [0.2, 0.25) is 5.91 Å². The first kappa shape index (κ1) is 19.6. The minimum Gasteiger partial charge on any atom is -0.494 e. The van der Waals surface area contributed by atoms with Crippen molar-refractivity contribution < 1.29 is 31.6 Å². The molecule has 3 N–H and O–H groups in total. The number of halogens is 3. The van der Waals surface area contributed by atoms with Gasteiger partial charge in [-0.1, -0.05) is 0 Å². The molecule has 12 heteroatoms. The third-order valence-corrected chi connectivity index (χ3v) is 5.56. The standard InChI is InChI=1S/C22H23F3N6O3/c1-11(22(23,24)25)13-6-7-31-18(19(13)34-3)16(10-28-31)29-15-8-17(30-20(32)12-4-5-12)27-9-14(15)21(33)26-2/h6-12H,4-5H2,1-3H3,(H,26,33)(H2,27,29,30,32)/i2D3. The van der Waals surface area contributed by atoms with Crippen LogP contribution in [0.1, 0.15) is 45.7 Å². The van der Waals surface area contributed by atoms with Gasteiger partial charge in [-0.15, -0.1) is 0 Å². The fourth-order valence-electron chi connectivity index (χ4n) is 3.48. The average molecular weight is 479 g/mol. The fraction of sp³-hybridized carbons (Fsp3) is 0.364. The van der Waals surface area contributed by atoms with Gasteiger partial charge in [0.05, 0.1) is 36.2 Å². The first-order chi connectivity index (χ1) is 17.3. The number of hydrogen-bond acceptors (Lipinski definition) is 6. The molecule has 0 saturated heterocycles. The maximum atomic E-state index is 13.5. The molecule has 0 aliphatic heterocycles. The summed E-state index contributed by atoms with van der Waals surface area (Å²) in [5.74, 6) is -3.20. The molecule has 2 amide bonds. The SMILES string of the molecule is [2H]C([2H])([2H])NC(=O)c1cnc(NC(=O)C2CC2)cc1Nc1cnn2ccc(C(C)C(F)(F)F)c(OC)c12. The van der Waals surface area contributed by atoms with Crippen molar-refractivity contribution in [1.29, 1.82) is 0 Å². The van der Waals surface area contributed by atoms with Gasteiger partial charge in [0.25, 0.3) is 5.91 Å². The monoisotopic (exact) mass is 479 g/mol. The number of methoxy groups -OCH3 is 1. The quantitative estimate of drug-likeness (QED) is 0.475. The summed E-state index contributed by atoms with van der Waals surface area (Å²) in [5, 5.41) is 11.6. The first-order valence-corrected chi connectivity index (χ1v) is 10.3. The number of alkyl halides is 3. The second-order valence-electron chi connectivity index (χ2n) is 7.88. The lowest BCUT2D eigenvalue weighted by Gasteiger charge is -2.20. The summed E-state index contributed by atoms with van der Waals surface area (Å²) in [4.78, 5) is 28.9. The van der Waals surface area contributed by atoms with Gasteiger partial charge in [-0.25, -0.2) is 9.50 Å². The van der Waals surface area contributed by atoms with Crippen LogP contribution in [0.5, 0.6) is 5.75 Å². The number of amides is 2. The highest BCUT2D eigenvalue weighted by molar-refractivity contribution is 6.02. The average Bonchev–Trinajstić information content (AvgIpc) is 3.58. The molecular weight excluding hydrogens is 453 g/mol. The van der Waals surface area contributed by atoms with Crippen LogP contribution in [-0.2, 0) is 4.79 Å². The van der Waals surface area contributed by atoms with Gasteiger partial charge in [-0.05, 0) is 25.8 Å². The zero-order valence-electron chi connectivity index (χ0n) is 21.2. The summed E-state index contributed by atoms with van der Waals surface area (Å²) >= 11 is 0. The van der Waals surface area contributed by atoms with Crippen molar-refractivity contribution >= 4 is 34.5 Å². The number of nitrogens with zero attached hydrogens (tertiary/aromatic N) is 3. The van der Waals surface area contributed by atoms with E-state index in [2.05, 4.69) is 20.7 Å². The Kier molecular flexibility index (Phi) is 5.10. The van der Waals surface area contributed by atoms with E-state index in [-0.39, 0.29) is 51.4 Å². The number of anilines is 3. The highest BCUT2D eigenvalue weighted by atomic mass is 19.4. The van der Waals surface area contributed by atoms with Crippen molar-refractivity contribution in [2.75, 3.05) is 24.7 Å². The van der Waals surface area contributed by atoms with Crippen molar-refractivity contribution in [3.8, 4) is 5.75 Å². The smallest absolute Gasteiger partial charge is 0.395 e. The highest BCUT2D eigenvalue weighted by Crippen LogP contribution is 2.42. The Morgan fingerprint density at radius 2 is 2.06 bits per heavy atom. The molecule has 0 bridgehead atoms. The number of nitrogens with one attached hydrogen (secondary N) is 3. The topological polar surface area (TPSA) is 110 Å². The number of ether oxygens (including phenoxy) is 1. The van der Waals surface area contributed by atoms with Gasteiger partial charge < -0.3 is 20.7 Å². The van der Waals surface area contributed by atoms with Crippen molar-refractivity contribution in [3.05, 3.63) is 41.9 Å². The van der Waals surface area contributed by atoms with Gasteiger partial charge in [0, 0.05) is 41.0 Å². The van der Waals surface area contributed by atoms with Crippen LogP contribution in [0.25, 0.3) is 5.52 Å². The number of aromatic nitrogens is 3. The summed E-state index contributed by atoms with van der Waals surface area (Å²) in [6.45, 7) is -1.78. The number of carbonyl (C=O) groups is 2. The number of carbonyl (C=O) groups excluding carboxylic acids is 2. The molecule has 1 unspecified atom stereocenters. The molecule has 4 rings (SSSR count). The summed E-state index contributed by atoms with van der Waals surface area (Å²) in [6, 6.07) is 2.58. The normalized spacial score (nSPS) is 16.2. The van der Waals surface area contributed by atoms with Crippen molar-refractivity contribution in [2.24, 2.45) is 5.92 Å². The van der Waals surface area contributed by atoms with Gasteiger partial charge in [-0.3, -0.25) is 9.59 Å². The molecule has 9 nitrogen and oxygen atoms in total. The van der Waals surface area contributed by atoms with E-state index >= 15 is 0 Å². The Morgan fingerprint density at radius 3 is 2.71 bits per heavy atom. The molecule has 34 heavy (non-hydrogen) atoms. The Balaban J connectivity index is 1.78. The fourth-order valence-corrected chi connectivity index (χ4v) is 3.48. The summed E-state index contributed by atoms with van der Waals surface area (Å²) in [5.41, 5.74) is 0.0478. The molecule has 1 aliphatic rings. The van der Waals surface area contributed by atoms with Gasteiger partial charge >= 0.3 is 6.18 Å². The lowest BCUT2D eigenvalue weighted by molar-refractivity contribution is -0.146. The van der Waals surface area contributed by atoms with Crippen molar-refractivity contribution in [3.63, 3.8) is 0 Å². The van der Waals surface area contributed by atoms with E-state index in [0.29, 0.717) is 0 Å². The van der Waals surface area contributed by atoms with E-state index in [1.54, 1.807) is 0 Å². The molecule has 3 aromatic heterocycles. The minimum absolute atomic E-state index is 0.0362. The first-order valence-electron chi connectivity index (χ1n) is 11.8. The van der Waals surface area contributed by atoms with E-state index in [1.807, 2.05) is 5.32 Å². The molecule has 1 saturated carbocycles. The number of hydrogen-bond donors (Lipinski definition) is 3. The Labute approximate surface area is 196 Å². The van der Waals surface area contributed by atoms with E-state index < -0.39 is 25.0 Å². The third kappa shape index (κ3) is 4.47. The van der Waals surface area contributed by atoms with Crippen LogP contribution in [-0.4, -0.2) is 46.7 Å². The zero-order chi connectivity index (χ0) is 27.1. The molecule has 1 fully saturated rings. The minimum atomic E-state index is -4.53. The van der Waals surface area contributed by atoms with Crippen LogP contribution in [0.4, 0.5) is 30.4 Å². The number of fused-ring (bicyclic) bond motifs is 1. The van der Waals surface area contributed by atoms with Crippen LogP contribution in [0.3, 0.4) is 0 Å². The van der Waals surface area contributed by atoms with E-state index in [4.69, 9.17) is 8.85 Å². The Bertz CT molecular complexity index is 1360. The summed E-state index contributed by atoms with van der Waals surface area (Å²) in [6.07, 6.45) is 0.713. The maximum absolute atomic E-state index is 13.5. The summed E-state index contributed by atoms with van der Waals surface area (Å²) < 4.78 is 69.1. The van der Waals surface area contributed by atoms with Crippen LogP contribution in [0, 0.1) is 5.92 Å². The predicted octanol–water partition coefficient (Wildman–Crippen LogP) is 3.86. The van der Waals surface area contributed by atoms with E-state index in [9.17, 15) is 22.8 Å². The lowest BCUT2D eigenvalue weighted by atomic mass is 10.00. The Hall–Kier alpha value is -3.83. The largest absolute Gasteiger partial charge is 0.494 e. The molecule has 0 radical (unpaired) electrons. The van der Waals surface area contributed by atoms with Gasteiger partial charge in [0.15, 0.2) is 5.75 Å². The molecule has 0 aromatic carbocycles.